The van der Waals surface area contributed by atoms with Gasteiger partial charge in [0, 0.05) is 0 Å². The average molecular weight is 254 g/mol. The van der Waals surface area contributed by atoms with Crippen LogP contribution in [0, 0.1) is 5.41 Å². The number of aromatic nitrogens is 4. The van der Waals surface area contributed by atoms with Crippen molar-refractivity contribution in [2.45, 2.75) is 52.4 Å². The topological polar surface area (TPSA) is 90.1 Å². The third-order valence-corrected chi connectivity index (χ3v) is 3.20. The van der Waals surface area contributed by atoms with Crippen LogP contribution in [0.2, 0.25) is 0 Å². The molecule has 1 aromatic rings. The fourth-order valence-electron chi connectivity index (χ4n) is 1.99. The van der Waals surface area contributed by atoms with Crippen molar-refractivity contribution >= 4 is 5.97 Å². The third kappa shape index (κ3) is 2.50. The van der Waals surface area contributed by atoms with Crippen molar-refractivity contribution in [3.05, 3.63) is 5.82 Å². The molecule has 0 radical (unpaired) electrons. The number of carbonyl (C=O) groups is 1. The molecule has 0 amide bonds. The first-order valence-corrected chi connectivity index (χ1v) is 6.05. The summed E-state index contributed by atoms with van der Waals surface area (Å²) in [6.45, 7) is 5.55. The van der Waals surface area contributed by atoms with Crippen LogP contribution in [-0.4, -0.2) is 37.4 Å². The summed E-state index contributed by atoms with van der Waals surface area (Å²) >= 11 is 0. The molecule has 1 fully saturated rings. The molecule has 1 aliphatic rings. The molecule has 7 nitrogen and oxygen atoms in total. The minimum absolute atomic E-state index is 0.125. The number of carboxylic acids is 1. The molecule has 18 heavy (non-hydrogen) atoms. The van der Waals surface area contributed by atoms with Gasteiger partial charge < -0.3 is 9.84 Å². The lowest BCUT2D eigenvalue weighted by Crippen LogP contribution is -2.30. The molecule has 0 bridgehead atoms. The van der Waals surface area contributed by atoms with E-state index in [1.807, 2.05) is 6.92 Å². The Morgan fingerprint density at radius 1 is 1.56 bits per heavy atom. The summed E-state index contributed by atoms with van der Waals surface area (Å²) in [5, 5.41) is 20.6. The van der Waals surface area contributed by atoms with Crippen molar-refractivity contribution in [2.75, 3.05) is 0 Å². The molecule has 1 N–H and O–H groups in total. The molecule has 2 unspecified atom stereocenters. The van der Waals surface area contributed by atoms with Crippen molar-refractivity contribution < 1.29 is 14.6 Å². The fourth-order valence-corrected chi connectivity index (χ4v) is 1.99. The van der Waals surface area contributed by atoms with Crippen LogP contribution in [0.5, 0.6) is 0 Å². The van der Waals surface area contributed by atoms with Gasteiger partial charge in [0.25, 0.3) is 0 Å². The molecule has 1 aromatic heterocycles. The monoisotopic (exact) mass is 254 g/mol. The van der Waals surface area contributed by atoms with Crippen LogP contribution in [0.1, 0.15) is 45.5 Å². The van der Waals surface area contributed by atoms with E-state index in [1.54, 1.807) is 13.8 Å². The predicted octanol–water partition coefficient (Wildman–Crippen LogP) is 1.02. The highest BCUT2D eigenvalue weighted by Gasteiger charge is 2.33. The van der Waals surface area contributed by atoms with Gasteiger partial charge >= 0.3 is 5.97 Å². The largest absolute Gasteiger partial charge is 0.481 e. The maximum absolute atomic E-state index is 11.1. The molecular formula is C11H18N4O3. The van der Waals surface area contributed by atoms with Gasteiger partial charge in [-0.3, -0.25) is 4.79 Å². The van der Waals surface area contributed by atoms with Crippen LogP contribution in [-0.2, 0) is 16.1 Å². The number of tetrazole rings is 1. The van der Waals surface area contributed by atoms with Crippen LogP contribution in [0.25, 0.3) is 0 Å². The molecule has 0 aliphatic carbocycles. The summed E-state index contributed by atoms with van der Waals surface area (Å²) in [4.78, 5) is 11.1. The van der Waals surface area contributed by atoms with Crippen LogP contribution < -0.4 is 0 Å². The van der Waals surface area contributed by atoms with E-state index in [9.17, 15) is 4.79 Å². The lowest BCUT2D eigenvalue weighted by molar-refractivity contribution is -0.147. The van der Waals surface area contributed by atoms with Gasteiger partial charge in [0.1, 0.15) is 6.10 Å². The van der Waals surface area contributed by atoms with Crippen LogP contribution in [0.15, 0.2) is 0 Å². The van der Waals surface area contributed by atoms with E-state index in [1.165, 1.54) is 4.68 Å². The minimum Gasteiger partial charge on any atom is -0.481 e. The molecular weight excluding hydrogens is 236 g/mol. The second-order valence-electron chi connectivity index (χ2n) is 5.40. The molecule has 1 saturated heterocycles. The molecule has 0 saturated carbocycles. The second-order valence-corrected chi connectivity index (χ2v) is 5.40. The van der Waals surface area contributed by atoms with Gasteiger partial charge in [0.15, 0.2) is 5.82 Å². The first-order chi connectivity index (χ1) is 8.40. The number of hydrogen-bond acceptors (Lipinski definition) is 5. The lowest BCUT2D eigenvalue weighted by Gasteiger charge is -2.20. The van der Waals surface area contributed by atoms with E-state index in [0.717, 1.165) is 12.8 Å². The third-order valence-electron chi connectivity index (χ3n) is 3.20. The zero-order chi connectivity index (χ0) is 13.3. The lowest BCUT2D eigenvalue weighted by atomic mass is 9.94. The molecule has 7 heteroatoms. The highest BCUT2D eigenvalue weighted by atomic mass is 16.5. The molecule has 1 aliphatic heterocycles. The standard InChI is InChI=1S/C11H18N4O3/c1-7-4-5-8(18-7)9-12-13-14-15(9)6-11(2,3)10(16)17/h7-8H,4-6H2,1-3H3,(H,16,17). The van der Waals surface area contributed by atoms with Gasteiger partial charge in [-0.05, 0) is 44.0 Å². The molecule has 0 aromatic carbocycles. The van der Waals surface area contributed by atoms with E-state index in [4.69, 9.17) is 9.84 Å². The van der Waals surface area contributed by atoms with Gasteiger partial charge in [0.2, 0.25) is 0 Å². The summed E-state index contributed by atoms with van der Waals surface area (Å²) in [5.74, 6) is -0.252. The normalized spacial score (nSPS) is 24.4. The van der Waals surface area contributed by atoms with Crippen LogP contribution >= 0.6 is 0 Å². The zero-order valence-corrected chi connectivity index (χ0v) is 10.8. The molecule has 2 atom stereocenters. The molecule has 2 rings (SSSR count). The summed E-state index contributed by atoms with van der Waals surface area (Å²) in [7, 11) is 0. The number of rotatable bonds is 4. The Bertz CT molecular complexity index is 443. The fraction of sp³-hybridized carbons (Fsp3) is 0.818. The number of hydrogen-bond donors (Lipinski definition) is 1. The average Bonchev–Trinajstić information content (AvgIpc) is 2.86. The van der Waals surface area contributed by atoms with E-state index in [0.29, 0.717) is 5.82 Å². The highest BCUT2D eigenvalue weighted by Crippen LogP contribution is 2.31. The maximum atomic E-state index is 11.1. The Balaban J connectivity index is 2.16. The van der Waals surface area contributed by atoms with Gasteiger partial charge in [-0.2, -0.15) is 0 Å². The quantitative estimate of drug-likeness (QED) is 0.862. The van der Waals surface area contributed by atoms with E-state index in [-0.39, 0.29) is 18.8 Å². The van der Waals surface area contributed by atoms with Crippen molar-refractivity contribution in [3.63, 3.8) is 0 Å². The first kappa shape index (κ1) is 12.9. The summed E-state index contributed by atoms with van der Waals surface area (Å²) in [5.41, 5.74) is -0.908. The van der Waals surface area contributed by atoms with Crippen molar-refractivity contribution in [1.29, 1.82) is 0 Å². The minimum atomic E-state index is -0.908. The summed E-state index contributed by atoms with van der Waals surface area (Å²) in [6.07, 6.45) is 1.92. The number of nitrogens with zero attached hydrogens (tertiary/aromatic N) is 4. The van der Waals surface area contributed by atoms with Crippen molar-refractivity contribution in [3.8, 4) is 0 Å². The van der Waals surface area contributed by atoms with Gasteiger partial charge in [-0.15, -0.1) is 5.10 Å². The van der Waals surface area contributed by atoms with Gasteiger partial charge in [0.05, 0.1) is 18.1 Å². The smallest absolute Gasteiger partial charge is 0.310 e. The van der Waals surface area contributed by atoms with Crippen molar-refractivity contribution in [2.24, 2.45) is 5.41 Å². The molecule has 0 spiro atoms. The molecule has 2 heterocycles. The first-order valence-electron chi connectivity index (χ1n) is 6.05. The number of ether oxygens (including phenoxy) is 1. The van der Waals surface area contributed by atoms with E-state index in [2.05, 4.69) is 15.5 Å². The Morgan fingerprint density at radius 2 is 2.28 bits per heavy atom. The number of carboxylic acid groups (broad SMARTS) is 1. The van der Waals surface area contributed by atoms with Crippen LogP contribution in [0.3, 0.4) is 0 Å². The zero-order valence-electron chi connectivity index (χ0n) is 10.8. The van der Waals surface area contributed by atoms with E-state index < -0.39 is 11.4 Å². The van der Waals surface area contributed by atoms with E-state index >= 15 is 0 Å². The SMILES string of the molecule is CC1CCC(c2nnnn2CC(C)(C)C(=O)O)O1. The van der Waals surface area contributed by atoms with Gasteiger partial charge in [-0.1, -0.05) is 0 Å². The maximum Gasteiger partial charge on any atom is 0.310 e. The summed E-state index contributed by atoms with van der Waals surface area (Å²) in [6, 6.07) is 0. The molecule has 100 valence electrons. The second kappa shape index (κ2) is 4.64. The Kier molecular flexibility index (Phi) is 3.34. The van der Waals surface area contributed by atoms with Crippen LogP contribution in [0.4, 0.5) is 0 Å². The van der Waals surface area contributed by atoms with Crippen molar-refractivity contribution in [1.82, 2.24) is 20.2 Å². The number of aliphatic carboxylic acids is 1. The Hall–Kier alpha value is -1.50. The highest BCUT2D eigenvalue weighted by molar-refractivity contribution is 5.73. The van der Waals surface area contributed by atoms with Gasteiger partial charge in [-0.25, -0.2) is 4.68 Å². The Morgan fingerprint density at radius 3 is 2.83 bits per heavy atom. The Labute approximate surface area is 105 Å². The summed E-state index contributed by atoms with van der Waals surface area (Å²) < 4.78 is 7.25. The predicted molar refractivity (Wildman–Crippen MR) is 61.8 cm³/mol.